The molecule has 0 bridgehead atoms. The van der Waals surface area contributed by atoms with Crippen LogP contribution in [-0.4, -0.2) is 11.8 Å². The summed E-state index contributed by atoms with van der Waals surface area (Å²) in [5.74, 6) is 0.800. The molecule has 0 fully saturated rings. The molecular weight excluding hydrogens is 154 g/mol. The lowest BCUT2D eigenvalue weighted by atomic mass is 10.3. The van der Waals surface area contributed by atoms with E-state index in [1.54, 1.807) is 24.5 Å². The van der Waals surface area contributed by atoms with E-state index < -0.39 is 0 Å². The first-order valence-electron chi connectivity index (χ1n) is 4.16. The van der Waals surface area contributed by atoms with E-state index in [-0.39, 0.29) is 0 Å². The second-order valence-electron chi connectivity index (χ2n) is 2.62. The van der Waals surface area contributed by atoms with Crippen molar-refractivity contribution in [2.75, 3.05) is 6.61 Å². The van der Waals surface area contributed by atoms with E-state index in [9.17, 15) is 0 Å². The van der Waals surface area contributed by atoms with Gasteiger partial charge in [-0.3, -0.25) is 5.21 Å². The highest BCUT2D eigenvalue weighted by Gasteiger charge is 1.97. The van der Waals surface area contributed by atoms with Gasteiger partial charge in [-0.25, -0.2) is 0 Å². The Morgan fingerprint density at radius 3 is 2.67 bits per heavy atom. The highest BCUT2D eigenvalue weighted by molar-refractivity contribution is 5.14. The molecule has 66 valence electrons. The summed E-state index contributed by atoms with van der Waals surface area (Å²) < 4.78 is 6.37. The maximum absolute atomic E-state index is 8.89. The zero-order valence-electron chi connectivity index (χ0n) is 7.23. The summed E-state index contributed by atoms with van der Waals surface area (Å²) >= 11 is 0. The van der Waals surface area contributed by atoms with Crippen LogP contribution in [0.15, 0.2) is 24.5 Å². The standard InChI is InChI=1S/C9H14NO2/c1-2-3-8-12-9-4-6-10(11)7-5-9/h4-7,11H,2-3,8H2,1H3/q+1. The zero-order valence-corrected chi connectivity index (χ0v) is 7.23. The molecule has 1 rings (SSSR count). The predicted molar refractivity (Wildman–Crippen MR) is 44.2 cm³/mol. The second-order valence-corrected chi connectivity index (χ2v) is 2.62. The third-order valence-corrected chi connectivity index (χ3v) is 1.55. The van der Waals surface area contributed by atoms with Crippen LogP contribution in [0.3, 0.4) is 0 Å². The van der Waals surface area contributed by atoms with Crippen molar-refractivity contribution in [3.8, 4) is 5.75 Å². The largest absolute Gasteiger partial charge is 0.493 e. The summed E-state index contributed by atoms with van der Waals surface area (Å²) in [4.78, 5) is 0. The van der Waals surface area contributed by atoms with Gasteiger partial charge < -0.3 is 4.74 Å². The fraction of sp³-hybridized carbons (Fsp3) is 0.444. The Kier molecular flexibility index (Phi) is 3.38. The number of unbranched alkanes of at least 4 members (excludes halogenated alkanes) is 1. The molecule has 0 spiro atoms. The first-order chi connectivity index (χ1) is 5.83. The summed E-state index contributed by atoms with van der Waals surface area (Å²) in [7, 11) is 0. The summed E-state index contributed by atoms with van der Waals surface area (Å²) in [6.07, 6.45) is 5.28. The van der Waals surface area contributed by atoms with Gasteiger partial charge in [-0.15, -0.1) is 0 Å². The van der Waals surface area contributed by atoms with Gasteiger partial charge in [0.15, 0.2) is 0 Å². The monoisotopic (exact) mass is 168 g/mol. The molecule has 0 unspecified atom stereocenters. The van der Waals surface area contributed by atoms with Crippen LogP contribution < -0.4 is 9.47 Å². The van der Waals surface area contributed by atoms with Gasteiger partial charge in [0, 0.05) is 16.9 Å². The molecule has 1 N–H and O–H groups in total. The lowest BCUT2D eigenvalue weighted by Crippen LogP contribution is -2.27. The Bertz CT molecular complexity index is 220. The zero-order chi connectivity index (χ0) is 8.81. The van der Waals surface area contributed by atoms with Crippen LogP contribution >= 0.6 is 0 Å². The van der Waals surface area contributed by atoms with E-state index >= 15 is 0 Å². The Morgan fingerprint density at radius 1 is 1.42 bits per heavy atom. The number of hydrogen-bond donors (Lipinski definition) is 1. The molecule has 0 radical (unpaired) electrons. The van der Waals surface area contributed by atoms with Crippen LogP contribution in [0, 0.1) is 0 Å². The van der Waals surface area contributed by atoms with Crippen molar-refractivity contribution in [1.82, 2.24) is 0 Å². The number of aromatic nitrogens is 1. The highest BCUT2D eigenvalue weighted by atomic mass is 16.5. The third-order valence-electron chi connectivity index (χ3n) is 1.55. The Morgan fingerprint density at radius 2 is 2.08 bits per heavy atom. The van der Waals surface area contributed by atoms with E-state index in [2.05, 4.69) is 6.92 Å². The topological polar surface area (TPSA) is 33.3 Å². The summed E-state index contributed by atoms with van der Waals surface area (Å²) in [6, 6.07) is 3.46. The minimum atomic E-state index is 0.742. The number of hydrogen-bond acceptors (Lipinski definition) is 2. The fourth-order valence-corrected chi connectivity index (χ4v) is 0.835. The Labute approximate surface area is 72.2 Å². The van der Waals surface area contributed by atoms with Crippen LogP contribution in [-0.2, 0) is 0 Å². The van der Waals surface area contributed by atoms with E-state index in [4.69, 9.17) is 9.94 Å². The molecule has 0 amide bonds. The first kappa shape index (κ1) is 8.84. The SMILES string of the molecule is CCCCOc1cc[n+](O)cc1. The van der Waals surface area contributed by atoms with Crippen molar-refractivity contribution in [2.45, 2.75) is 19.8 Å². The number of ether oxygens (including phenoxy) is 1. The second kappa shape index (κ2) is 4.59. The van der Waals surface area contributed by atoms with E-state index in [0.29, 0.717) is 0 Å². The average molecular weight is 168 g/mol. The minimum absolute atomic E-state index is 0.742. The number of rotatable bonds is 4. The molecule has 0 aromatic carbocycles. The smallest absolute Gasteiger partial charge is 0.225 e. The molecule has 3 nitrogen and oxygen atoms in total. The van der Waals surface area contributed by atoms with Crippen LogP contribution in [0.5, 0.6) is 5.75 Å². The van der Waals surface area contributed by atoms with Gasteiger partial charge in [-0.1, -0.05) is 13.3 Å². The van der Waals surface area contributed by atoms with Gasteiger partial charge in [0.25, 0.3) is 0 Å². The maximum Gasteiger partial charge on any atom is 0.225 e. The summed E-state index contributed by atoms with van der Waals surface area (Å²) in [6.45, 7) is 2.86. The Balaban J connectivity index is 2.37. The normalized spacial score (nSPS) is 9.75. The van der Waals surface area contributed by atoms with E-state index in [1.165, 1.54) is 0 Å². The summed E-state index contributed by atoms with van der Waals surface area (Å²) in [5.41, 5.74) is 0. The molecule has 0 saturated heterocycles. The molecule has 0 atom stereocenters. The maximum atomic E-state index is 8.89. The van der Waals surface area contributed by atoms with Gasteiger partial charge in [-0.05, 0) is 6.42 Å². The van der Waals surface area contributed by atoms with Crippen molar-refractivity contribution in [3.63, 3.8) is 0 Å². The van der Waals surface area contributed by atoms with Crippen LogP contribution in [0.1, 0.15) is 19.8 Å². The van der Waals surface area contributed by atoms with Gasteiger partial charge in [0.05, 0.1) is 6.61 Å². The molecule has 12 heavy (non-hydrogen) atoms. The van der Waals surface area contributed by atoms with Gasteiger partial charge in [-0.2, -0.15) is 0 Å². The quantitative estimate of drug-likeness (QED) is 0.418. The van der Waals surface area contributed by atoms with Crippen molar-refractivity contribution < 1.29 is 14.7 Å². The molecule has 0 saturated carbocycles. The van der Waals surface area contributed by atoms with Crippen molar-refractivity contribution in [3.05, 3.63) is 24.5 Å². The minimum Gasteiger partial charge on any atom is -0.493 e. The van der Waals surface area contributed by atoms with Gasteiger partial charge in [0.1, 0.15) is 5.75 Å². The lowest BCUT2D eigenvalue weighted by Gasteiger charge is -2.01. The average Bonchev–Trinajstić information content (AvgIpc) is 2.09. The Hall–Kier alpha value is -1.25. The molecule has 0 aliphatic heterocycles. The highest BCUT2D eigenvalue weighted by Crippen LogP contribution is 2.06. The van der Waals surface area contributed by atoms with Crippen molar-refractivity contribution in [2.24, 2.45) is 0 Å². The first-order valence-corrected chi connectivity index (χ1v) is 4.16. The van der Waals surface area contributed by atoms with E-state index in [1.807, 2.05) is 0 Å². The molecule has 1 heterocycles. The van der Waals surface area contributed by atoms with Crippen molar-refractivity contribution in [1.29, 1.82) is 0 Å². The number of nitrogens with zero attached hydrogens (tertiary/aromatic N) is 1. The molecule has 0 aliphatic carbocycles. The van der Waals surface area contributed by atoms with E-state index in [0.717, 1.165) is 29.9 Å². The number of pyridine rings is 1. The molecule has 1 aromatic rings. The van der Waals surface area contributed by atoms with Crippen LogP contribution in [0.2, 0.25) is 0 Å². The van der Waals surface area contributed by atoms with Crippen LogP contribution in [0.25, 0.3) is 0 Å². The van der Waals surface area contributed by atoms with Crippen LogP contribution in [0.4, 0.5) is 0 Å². The predicted octanol–water partition coefficient (Wildman–Crippen LogP) is 1.39. The van der Waals surface area contributed by atoms with Crippen molar-refractivity contribution >= 4 is 0 Å². The molecule has 0 aliphatic rings. The lowest BCUT2D eigenvalue weighted by molar-refractivity contribution is -0.904. The summed E-state index contributed by atoms with van der Waals surface area (Å²) in [5, 5.41) is 8.89. The molecular formula is C9H14NO2+. The third kappa shape index (κ3) is 2.78. The van der Waals surface area contributed by atoms with Gasteiger partial charge in [0.2, 0.25) is 12.4 Å². The molecule has 3 heteroatoms. The molecule has 1 aromatic heterocycles. The van der Waals surface area contributed by atoms with Gasteiger partial charge >= 0.3 is 0 Å². The fourth-order valence-electron chi connectivity index (χ4n) is 0.835.